The van der Waals surface area contributed by atoms with Gasteiger partial charge >= 0.3 is 6.18 Å². The molecule has 0 saturated heterocycles. The van der Waals surface area contributed by atoms with Crippen LogP contribution in [0.4, 0.5) is 13.2 Å². The van der Waals surface area contributed by atoms with E-state index >= 15 is 0 Å². The lowest BCUT2D eigenvalue weighted by Crippen LogP contribution is -2.29. The van der Waals surface area contributed by atoms with Gasteiger partial charge in [0, 0.05) is 12.0 Å². The summed E-state index contributed by atoms with van der Waals surface area (Å²) >= 11 is 0. The lowest BCUT2D eigenvalue weighted by atomic mass is 9.85. The summed E-state index contributed by atoms with van der Waals surface area (Å²) < 4.78 is 42.3. The summed E-state index contributed by atoms with van der Waals surface area (Å²) in [5.74, 6) is 4.62. The molecule has 0 heterocycles. The van der Waals surface area contributed by atoms with Gasteiger partial charge in [-0.1, -0.05) is 24.3 Å². The number of rotatable bonds is 5. The molecule has 1 aliphatic rings. The molecule has 0 unspecified atom stereocenters. The summed E-state index contributed by atoms with van der Waals surface area (Å²) in [5.41, 5.74) is -0.277. The number of carbonyl (C=O) groups is 1. The summed E-state index contributed by atoms with van der Waals surface area (Å²) in [7, 11) is 0. The number of ether oxygens (including phenoxy) is 1. The topological polar surface area (TPSA) is 46.5 Å². The second kappa shape index (κ2) is 8.59. The molecule has 26 heavy (non-hydrogen) atoms. The largest absolute Gasteiger partial charge is 0.491 e. The maximum Gasteiger partial charge on any atom is 0.449 e. The Bertz CT molecular complexity index is 680. The Balaban J connectivity index is 1.93. The van der Waals surface area contributed by atoms with Crippen molar-refractivity contribution in [1.82, 2.24) is 0 Å². The summed E-state index contributed by atoms with van der Waals surface area (Å²) in [5, 5.41) is 10.4. The Morgan fingerprint density at radius 1 is 1.31 bits per heavy atom. The minimum absolute atomic E-state index is 0.0198. The van der Waals surface area contributed by atoms with Gasteiger partial charge in [0.1, 0.15) is 11.4 Å². The van der Waals surface area contributed by atoms with E-state index < -0.39 is 30.1 Å². The number of hydrogen-bond donors (Lipinski definition) is 1. The highest BCUT2D eigenvalue weighted by molar-refractivity contribution is 5.83. The summed E-state index contributed by atoms with van der Waals surface area (Å²) in [6.45, 7) is 1.62. The first kappa shape index (κ1) is 20.3. The number of Topliss-reactive ketones (excluding diaryl/α,β-unsaturated/α-hetero) is 1. The van der Waals surface area contributed by atoms with Crippen molar-refractivity contribution >= 4 is 5.78 Å². The lowest BCUT2D eigenvalue weighted by Gasteiger charge is -2.26. The van der Waals surface area contributed by atoms with Crippen molar-refractivity contribution in [3.63, 3.8) is 0 Å². The Morgan fingerprint density at radius 2 is 2.00 bits per heavy atom. The summed E-state index contributed by atoms with van der Waals surface area (Å²) in [6.07, 6.45) is -1.58. The molecule has 1 atom stereocenters. The highest BCUT2D eigenvalue weighted by Crippen LogP contribution is 2.27. The quantitative estimate of drug-likeness (QED) is 0.783. The molecule has 0 spiro atoms. The SMILES string of the molecule is C[C@@H](CCC(=O)C(F)(F)F)Oc1cccc(C#CC2(O)CCCCC2)c1. The minimum atomic E-state index is -4.80. The molecule has 0 aliphatic heterocycles. The van der Waals surface area contributed by atoms with Crippen LogP contribution in [-0.4, -0.2) is 28.8 Å². The van der Waals surface area contributed by atoms with Crippen molar-refractivity contribution < 1.29 is 27.8 Å². The van der Waals surface area contributed by atoms with Crippen LogP contribution < -0.4 is 4.74 Å². The highest BCUT2D eigenvalue weighted by Gasteiger charge is 2.37. The molecule has 0 bridgehead atoms. The van der Waals surface area contributed by atoms with E-state index in [1.165, 1.54) is 0 Å². The van der Waals surface area contributed by atoms with E-state index in [1.54, 1.807) is 31.2 Å². The van der Waals surface area contributed by atoms with Gasteiger partial charge in [-0.3, -0.25) is 4.79 Å². The molecule has 1 aromatic carbocycles. The van der Waals surface area contributed by atoms with Gasteiger partial charge in [-0.2, -0.15) is 13.2 Å². The number of benzene rings is 1. The second-order valence-corrected chi connectivity index (χ2v) is 6.76. The van der Waals surface area contributed by atoms with Gasteiger partial charge in [-0.15, -0.1) is 0 Å². The van der Waals surface area contributed by atoms with E-state index in [-0.39, 0.29) is 6.42 Å². The number of carbonyl (C=O) groups excluding carboxylic acids is 1. The van der Waals surface area contributed by atoms with Gasteiger partial charge in [-0.05, 0) is 57.2 Å². The third kappa shape index (κ3) is 6.38. The molecule has 1 aliphatic carbocycles. The fourth-order valence-corrected chi connectivity index (χ4v) is 2.86. The third-order valence-electron chi connectivity index (χ3n) is 4.39. The van der Waals surface area contributed by atoms with Crippen LogP contribution in [0.15, 0.2) is 24.3 Å². The molecule has 1 aromatic rings. The number of ketones is 1. The van der Waals surface area contributed by atoms with Gasteiger partial charge in [0.05, 0.1) is 6.10 Å². The smallest absolute Gasteiger partial charge is 0.449 e. The van der Waals surface area contributed by atoms with Crippen molar-refractivity contribution in [2.45, 2.75) is 69.8 Å². The maximum absolute atomic E-state index is 12.2. The average Bonchev–Trinajstić information content (AvgIpc) is 2.58. The molecule has 1 N–H and O–H groups in total. The molecule has 0 radical (unpaired) electrons. The Labute approximate surface area is 151 Å². The Morgan fingerprint density at radius 3 is 2.65 bits per heavy atom. The van der Waals surface area contributed by atoms with Crippen LogP contribution in [0.5, 0.6) is 5.75 Å². The highest BCUT2D eigenvalue weighted by atomic mass is 19.4. The zero-order valence-electron chi connectivity index (χ0n) is 14.7. The number of alkyl halides is 3. The van der Waals surface area contributed by atoms with E-state index in [9.17, 15) is 23.1 Å². The zero-order chi connectivity index (χ0) is 19.2. The van der Waals surface area contributed by atoms with Gasteiger partial charge in [0.25, 0.3) is 0 Å². The zero-order valence-corrected chi connectivity index (χ0v) is 14.7. The fourth-order valence-electron chi connectivity index (χ4n) is 2.86. The number of hydrogen-bond acceptors (Lipinski definition) is 3. The van der Waals surface area contributed by atoms with E-state index in [1.807, 2.05) is 0 Å². The predicted molar refractivity (Wildman–Crippen MR) is 91.7 cm³/mol. The van der Waals surface area contributed by atoms with Gasteiger partial charge in [0.2, 0.25) is 5.78 Å². The second-order valence-electron chi connectivity index (χ2n) is 6.76. The van der Waals surface area contributed by atoms with E-state index in [0.29, 0.717) is 24.2 Å². The number of aliphatic hydroxyl groups is 1. The molecule has 6 heteroatoms. The van der Waals surface area contributed by atoms with E-state index in [0.717, 1.165) is 19.3 Å². The molecule has 1 saturated carbocycles. The molecular formula is C20H23F3O3. The van der Waals surface area contributed by atoms with Gasteiger partial charge in [-0.25, -0.2) is 0 Å². The molecule has 3 nitrogen and oxygen atoms in total. The van der Waals surface area contributed by atoms with Crippen LogP contribution in [0.1, 0.15) is 57.4 Å². The molecule has 1 fully saturated rings. The van der Waals surface area contributed by atoms with Crippen LogP contribution in [0, 0.1) is 11.8 Å². The Hall–Kier alpha value is -2.00. The average molecular weight is 368 g/mol. The van der Waals surface area contributed by atoms with Crippen molar-refractivity contribution in [3.05, 3.63) is 29.8 Å². The molecular weight excluding hydrogens is 345 g/mol. The third-order valence-corrected chi connectivity index (χ3v) is 4.39. The van der Waals surface area contributed by atoms with E-state index in [4.69, 9.17) is 4.74 Å². The maximum atomic E-state index is 12.2. The van der Waals surface area contributed by atoms with Crippen molar-refractivity contribution in [2.75, 3.05) is 0 Å². The first-order valence-corrected chi connectivity index (χ1v) is 8.80. The van der Waals surface area contributed by atoms with E-state index in [2.05, 4.69) is 11.8 Å². The molecule has 142 valence electrons. The summed E-state index contributed by atoms with van der Waals surface area (Å²) in [4.78, 5) is 10.9. The van der Waals surface area contributed by atoms with Crippen molar-refractivity contribution in [3.8, 4) is 17.6 Å². The Kier molecular flexibility index (Phi) is 6.71. The van der Waals surface area contributed by atoms with Crippen LogP contribution in [0.25, 0.3) is 0 Å². The fraction of sp³-hybridized carbons (Fsp3) is 0.550. The number of halogens is 3. The summed E-state index contributed by atoms with van der Waals surface area (Å²) in [6, 6.07) is 6.88. The molecule has 0 amide bonds. The standard InChI is InChI=1S/C20H23F3O3/c1-15(8-9-18(24)20(21,22)23)26-17-7-5-6-16(14-17)10-13-19(25)11-3-2-4-12-19/h5-7,14-15,25H,2-4,8-9,11-12H2,1H3/t15-/m0/s1. The molecule has 0 aromatic heterocycles. The first-order chi connectivity index (χ1) is 12.2. The van der Waals surface area contributed by atoms with Gasteiger partial charge < -0.3 is 9.84 Å². The minimum Gasteiger partial charge on any atom is -0.491 e. The molecule has 2 rings (SSSR count). The van der Waals surface area contributed by atoms with Crippen molar-refractivity contribution in [2.24, 2.45) is 0 Å². The van der Waals surface area contributed by atoms with Crippen LogP contribution >= 0.6 is 0 Å². The predicted octanol–water partition coefficient (Wildman–Crippen LogP) is 4.41. The lowest BCUT2D eigenvalue weighted by molar-refractivity contribution is -0.171. The van der Waals surface area contributed by atoms with Gasteiger partial charge in [0.15, 0.2) is 0 Å². The van der Waals surface area contributed by atoms with Crippen LogP contribution in [-0.2, 0) is 4.79 Å². The normalized spacial score (nSPS) is 17.7. The van der Waals surface area contributed by atoms with Crippen molar-refractivity contribution in [1.29, 1.82) is 0 Å². The first-order valence-electron chi connectivity index (χ1n) is 8.80. The van der Waals surface area contributed by atoms with Crippen LogP contribution in [0.3, 0.4) is 0 Å². The monoisotopic (exact) mass is 368 g/mol. The van der Waals surface area contributed by atoms with Crippen LogP contribution in [0.2, 0.25) is 0 Å².